The first-order valence-electron chi connectivity index (χ1n) is 4.26. The summed E-state index contributed by atoms with van der Waals surface area (Å²) in [5, 5.41) is 6.66. The number of nitrogens with one attached hydrogen (secondary N) is 1. The number of aromatic nitrogens is 2. The van der Waals surface area contributed by atoms with Crippen molar-refractivity contribution in [1.82, 2.24) is 15.1 Å². The third-order valence-electron chi connectivity index (χ3n) is 1.99. The van der Waals surface area contributed by atoms with E-state index in [0.717, 1.165) is 13.0 Å². The molecule has 2 rings (SSSR count). The highest BCUT2D eigenvalue weighted by atomic mass is 16.6. The maximum Gasteiger partial charge on any atom is 0.407 e. The van der Waals surface area contributed by atoms with Crippen molar-refractivity contribution in [3.05, 3.63) is 18.5 Å². The van der Waals surface area contributed by atoms with Gasteiger partial charge in [0.05, 0.1) is 6.54 Å². The number of aryl methyl sites for hydroxylation is 1. The monoisotopic (exact) mass is 181 g/mol. The second-order valence-electron chi connectivity index (χ2n) is 2.97. The molecule has 1 fully saturated rings. The Morgan fingerprint density at radius 1 is 1.77 bits per heavy atom. The number of alkyl carbamates (subject to hydrolysis) is 1. The molecular formula is C8H11N3O2. The molecule has 1 aromatic heterocycles. The Morgan fingerprint density at radius 3 is 3.31 bits per heavy atom. The van der Waals surface area contributed by atoms with Crippen molar-refractivity contribution in [3.8, 4) is 0 Å². The highest BCUT2D eigenvalue weighted by molar-refractivity contribution is 5.69. The molecule has 0 saturated carbocycles. The summed E-state index contributed by atoms with van der Waals surface area (Å²) in [5.41, 5.74) is 0. The molecule has 0 aliphatic carbocycles. The smallest absolute Gasteiger partial charge is 0.407 e. The van der Waals surface area contributed by atoms with Crippen LogP contribution in [0.25, 0.3) is 0 Å². The van der Waals surface area contributed by atoms with Crippen molar-refractivity contribution in [2.45, 2.75) is 19.1 Å². The predicted octanol–water partition coefficient (Wildman–Crippen LogP) is 0.382. The Kier molecular flexibility index (Phi) is 2.16. The maximum atomic E-state index is 10.7. The van der Waals surface area contributed by atoms with Crippen LogP contribution in [-0.2, 0) is 11.3 Å². The van der Waals surface area contributed by atoms with Crippen molar-refractivity contribution in [2.75, 3.05) is 6.54 Å². The van der Waals surface area contributed by atoms with Gasteiger partial charge >= 0.3 is 6.09 Å². The van der Waals surface area contributed by atoms with Gasteiger partial charge in [-0.1, -0.05) is 0 Å². The van der Waals surface area contributed by atoms with E-state index in [1.54, 1.807) is 6.20 Å². The largest absolute Gasteiger partial charge is 0.444 e. The van der Waals surface area contributed by atoms with E-state index in [1.165, 1.54) is 0 Å². The van der Waals surface area contributed by atoms with E-state index in [9.17, 15) is 4.79 Å². The molecule has 1 saturated heterocycles. The lowest BCUT2D eigenvalue weighted by Gasteiger charge is -2.06. The minimum absolute atomic E-state index is 0.00306. The molecule has 1 aliphatic heterocycles. The fraction of sp³-hybridized carbons (Fsp3) is 0.500. The fourth-order valence-corrected chi connectivity index (χ4v) is 1.30. The van der Waals surface area contributed by atoms with E-state index in [0.29, 0.717) is 6.54 Å². The zero-order valence-electron chi connectivity index (χ0n) is 7.14. The zero-order valence-corrected chi connectivity index (χ0v) is 7.14. The number of rotatable bonds is 3. The molecule has 1 amide bonds. The second kappa shape index (κ2) is 3.47. The fourth-order valence-electron chi connectivity index (χ4n) is 1.30. The summed E-state index contributed by atoms with van der Waals surface area (Å²) in [5.74, 6) is 0. The number of amides is 1. The van der Waals surface area contributed by atoms with Gasteiger partial charge in [0.1, 0.15) is 6.10 Å². The lowest BCUT2D eigenvalue weighted by molar-refractivity contribution is 0.132. The summed E-state index contributed by atoms with van der Waals surface area (Å²) >= 11 is 0. The average Bonchev–Trinajstić information content (AvgIpc) is 2.71. The van der Waals surface area contributed by atoms with Crippen LogP contribution in [0.4, 0.5) is 4.79 Å². The van der Waals surface area contributed by atoms with Crippen molar-refractivity contribution >= 4 is 6.09 Å². The number of hydrogen-bond acceptors (Lipinski definition) is 3. The third-order valence-corrected chi connectivity index (χ3v) is 1.99. The second-order valence-corrected chi connectivity index (χ2v) is 2.97. The molecule has 0 spiro atoms. The van der Waals surface area contributed by atoms with Gasteiger partial charge in [-0.25, -0.2) is 4.79 Å². The molecule has 0 radical (unpaired) electrons. The van der Waals surface area contributed by atoms with Gasteiger partial charge in [0.15, 0.2) is 0 Å². The number of hydrogen-bond donors (Lipinski definition) is 1. The standard InChI is InChI=1S/C8H11N3O2/c12-8-9-6-7(13-8)2-5-11-4-1-3-10-11/h1,3-4,7H,2,5-6H2,(H,9,12). The van der Waals surface area contributed by atoms with Gasteiger partial charge in [0.25, 0.3) is 0 Å². The van der Waals surface area contributed by atoms with Crippen LogP contribution >= 0.6 is 0 Å². The third kappa shape index (κ3) is 1.99. The van der Waals surface area contributed by atoms with E-state index in [-0.39, 0.29) is 12.2 Å². The SMILES string of the molecule is O=C1NCC(CCn2cccn2)O1. The van der Waals surface area contributed by atoms with Crippen LogP contribution in [0.15, 0.2) is 18.5 Å². The Labute approximate surface area is 75.7 Å². The zero-order chi connectivity index (χ0) is 9.10. The highest BCUT2D eigenvalue weighted by Gasteiger charge is 2.21. The Balaban J connectivity index is 1.77. The van der Waals surface area contributed by atoms with Gasteiger partial charge in [0.2, 0.25) is 0 Å². The molecule has 1 aliphatic rings. The summed E-state index contributed by atoms with van der Waals surface area (Å²) in [6.45, 7) is 1.40. The van der Waals surface area contributed by atoms with Crippen LogP contribution in [0.3, 0.4) is 0 Å². The Hall–Kier alpha value is -1.52. The van der Waals surface area contributed by atoms with Crippen molar-refractivity contribution in [2.24, 2.45) is 0 Å². The molecule has 1 unspecified atom stereocenters. The minimum atomic E-state index is -0.314. The first-order chi connectivity index (χ1) is 6.34. The lowest BCUT2D eigenvalue weighted by Crippen LogP contribution is -2.16. The van der Waals surface area contributed by atoms with Crippen molar-refractivity contribution < 1.29 is 9.53 Å². The molecule has 2 heterocycles. The van der Waals surface area contributed by atoms with Gasteiger partial charge in [-0.3, -0.25) is 4.68 Å². The van der Waals surface area contributed by atoms with Gasteiger partial charge in [-0.05, 0) is 6.07 Å². The van der Waals surface area contributed by atoms with Crippen LogP contribution in [0, 0.1) is 0 Å². The number of nitrogens with zero attached hydrogens (tertiary/aromatic N) is 2. The summed E-state index contributed by atoms with van der Waals surface area (Å²) in [4.78, 5) is 10.7. The van der Waals surface area contributed by atoms with E-state index < -0.39 is 0 Å². The van der Waals surface area contributed by atoms with Crippen LogP contribution < -0.4 is 5.32 Å². The highest BCUT2D eigenvalue weighted by Crippen LogP contribution is 2.05. The number of ether oxygens (including phenoxy) is 1. The minimum Gasteiger partial charge on any atom is -0.444 e. The van der Waals surface area contributed by atoms with Gasteiger partial charge in [-0.2, -0.15) is 5.10 Å². The van der Waals surface area contributed by atoms with Gasteiger partial charge < -0.3 is 10.1 Å². The van der Waals surface area contributed by atoms with Crippen LogP contribution in [0.5, 0.6) is 0 Å². The topological polar surface area (TPSA) is 56.2 Å². The first kappa shape index (κ1) is 8.10. The number of carbonyl (C=O) groups is 1. The van der Waals surface area contributed by atoms with Crippen molar-refractivity contribution in [3.63, 3.8) is 0 Å². The maximum absolute atomic E-state index is 10.7. The molecule has 5 heteroatoms. The molecule has 5 nitrogen and oxygen atoms in total. The van der Waals surface area contributed by atoms with E-state index in [2.05, 4.69) is 10.4 Å². The van der Waals surface area contributed by atoms with Crippen molar-refractivity contribution in [1.29, 1.82) is 0 Å². The number of carbonyl (C=O) groups excluding carboxylic acids is 1. The molecule has 1 N–H and O–H groups in total. The normalized spacial score (nSPS) is 21.2. The summed E-state index contributed by atoms with van der Waals surface area (Å²) in [6, 6.07) is 1.87. The molecule has 1 aromatic rings. The molecule has 0 aromatic carbocycles. The van der Waals surface area contributed by atoms with E-state index >= 15 is 0 Å². The lowest BCUT2D eigenvalue weighted by atomic mass is 10.2. The average molecular weight is 181 g/mol. The van der Waals surface area contributed by atoms with E-state index in [1.807, 2.05) is 16.9 Å². The van der Waals surface area contributed by atoms with Crippen LogP contribution in [-0.4, -0.2) is 28.5 Å². The first-order valence-corrected chi connectivity index (χ1v) is 4.26. The molecule has 70 valence electrons. The molecular weight excluding hydrogens is 170 g/mol. The summed E-state index contributed by atoms with van der Waals surface area (Å²) in [7, 11) is 0. The summed E-state index contributed by atoms with van der Waals surface area (Å²) in [6.07, 6.45) is 4.12. The molecule has 1 atom stereocenters. The predicted molar refractivity (Wildman–Crippen MR) is 45.1 cm³/mol. The van der Waals surface area contributed by atoms with E-state index in [4.69, 9.17) is 4.74 Å². The van der Waals surface area contributed by atoms with Gasteiger partial charge in [-0.15, -0.1) is 0 Å². The summed E-state index contributed by atoms with van der Waals surface area (Å²) < 4.78 is 6.79. The Morgan fingerprint density at radius 2 is 2.69 bits per heavy atom. The number of cyclic esters (lactones) is 1. The Bertz CT molecular complexity index is 284. The van der Waals surface area contributed by atoms with Crippen LogP contribution in [0.1, 0.15) is 6.42 Å². The molecule has 0 bridgehead atoms. The molecule has 13 heavy (non-hydrogen) atoms. The quantitative estimate of drug-likeness (QED) is 0.733. The van der Waals surface area contributed by atoms with Gasteiger partial charge in [0, 0.05) is 25.4 Å². The van der Waals surface area contributed by atoms with Crippen LogP contribution in [0.2, 0.25) is 0 Å².